The van der Waals surface area contributed by atoms with Gasteiger partial charge in [0, 0.05) is 18.4 Å². The Hall–Kier alpha value is -1.82. The first-order valence-electron chi connectivity index (χ1n) is 7.50. The Labute approximate surface area is 159 Å². The summed E-state index contributed by atoms with van der Waals surface area (Å²) in [5.41, 5.74) is 1.74. The van der Waals surface area contributed by atoms with Crippen LogP contribution in [-0.2, 0) is 16.0 Å². The molecule has 5 nitrogen and oxygen atoms in total. The van der Waals surface area contributed by atoms with Crippen LogP contribution in [-0.4, -0.2) is 29.5 Å². The van der Waals surface area contributed by atoms with Crippen molar-refractivity contribution in [3.8, 4) is 0 Å². The number of anilines is 1. The normalized spacial score (nSPS) is 14.2. The molecule has 0 radical (unpaired) electrons. The van der Waals surface area contributed by atoms with E-state index >= 15 is 0 Å². The van der Waals surface area contributed by atoms with Crippen molar-refractivity contribution < 1.29 is 14.3 Å². The largest absolute Gasteiger partial charge is 0.448 e. The van der Waals surface area contributed by atoms with Gasteiger partial charge < -0.3 is 9.64 Å². The second-order valence-corrected chi connectivity index (χ2v) is 6.66. The van der Waals surface area contributed by atoms with Gasteiger partial charge in [-0.1, -0.05) is 53.0 Å². The van der Waals surface area contributed by atoms with Gasteiger partial charge in [-0.25, -0.2) is 9.78 Å². The number of para-hydroxylation sites is 1. The van der Waals surface area contributed by atoms with Crippen molar-refractivity contribution >= 4 is 52.4 Å². The Morgan fingerprint density at radius 2 is 1.92 bits per heavy atom. The molecule has 25 heavy (non-hydrogen) atoms. The second-order valence-electron chi connectivity index (χ2n) is 5.50. The SMILES string of the molecule is C[C@H](OC(=O)c1ncc(Cl)c(Cl)c1Cl)C(=O)N1CCc2ccccc21. The highest BCUT2D eigenvalue weighted by atomic mass is 35.5. The highest BCUT2D eigenvalue weighted by molar-refractivity contribution is 6.48. The fourth-order valence-electron chi connectivity index (χ4n) is 2.64. The average molecular weight is 400 g/mol. The van der Waals surface area contributed by atoms with Crippen LogP contribution in [0.2, 0.25) is 15.1 Å². The average Bonchev–Trinajstić information content (AvgIpc) is 3.03. The van der Waals surface area contributed by atoms with Gasteiger partial charge in [0.2, 0.25) is 0 Å². The van der Waals surface area contributed by atoms with Crippen molar-refractivity contribution in [3.05, 3.63) is 56.8 Å². The van der Waals surface area contributed by atoms with Crippen molar-refractivity contribution in [2.45, 2.75) is 19.4 Å². The molecule has 3 rings (SSSR count). The molecule has 1 aliphatic heterocycles. The molecule has 0 spiro atoms. The Morgan fingerprint density at radius 1 is 1.20 bits per heavy atom. The maximum Gasteiger partial charge on any atom is 0.359 e. The number of benzene rings is 1. The smallest absolute Gasteiger partial charge is 0.359 e. The first-order chi connectivity index (χ1) is 11.9. The van der Waals surface area contributed by atoms with Crippen LogP contribution in [0.4, 0.5) is 5.69 Å². The highest BCUT2D eigenvalue weighted by Crippen LogP contribution is 2.32. The third-order valence-corrected chi connectivity index (χ3v) is 5.14. The van der Waals surface area contributed by atoms with Gasteiger partial charge in [-0.05, 0) is 25.0 Å². The number of hydrogen-bond acceptors (Lipinski definition) is 4. The first-order valence-corrected chi connectivity index (χ1v) is 8.63. The number of rotatable bonds is 3. The number of fused-ring (bicyclic) bond motifs is 1. The zero-order valence-corrected chi connectivity index (χ0v) is 15.4. The van der Waals surface area contributed by atoms with Crippen LogP contribution in [0.25, 0.3) is 0 Å². The predicted octanol–water partition coefficient (Wildman–Crippen LogP) is 4.18. The third-order valence-electron chi connectivity index (χ3n) is 3.90. The van der Waals surface area contributed by atoms with Crippen LogP contribution in [0.3, 0.4) is 0 Å². The van der Waals surface area contributed by atoms with E-state index in [0.29, 0.717) is 6.54 Å². The molecule has 0 aliphatic carbocycles. The molecule has 1 aromatic heterocycles. The lowest BCUT2D eigenvalue weighted by molar-refractivity contribution is -0.126. The van der Waals surface area contributed by atoms with E-state index in [-0.39, 0.29) is 26.7 Å². The molecule has 0 fully saturated rings. The van der Waals surface area contributed by atoms with E-state index in [1.807, 2.05) is 24.3 Å². The molecular formula is C17H13Cl3N2O3. The van der Waals surface area contributed by atoms with Crippen LogP contribution in [0, 0.1) is 0 Å². The lowest BCUT2D eigenvalue weighted by atomic mass is 10.2. The van der Waals surface area contributed by atoms with Crippen molar-refractivity contribution in [2.75, 3.05) is 11.4 Å². The minimum absolute atomic E-state index is 0.0118. The number of carbonyl (C=O) groups excluding carboxylic acids is 2. The summed E-state index contributed by atoms with van der Waals surface area (Å²) >= 11 is 17.7. The van der Waals surface area contributed by atoms with Crippen molar-refractivity contribution in [3.63, 3.8) is 0 Å². The standard InChI is InChI=1S/C17H13Cl3N2O3/c1-9(16(23)22-7-6-10-4-2-3-5-12(10)22)25-17(24)15-14(20)13(19)11(18)8-21-15/h2-5,8-9H,6-7H2,1H3/t9-/m0/s1. The molecule has 0 N–H and O–H groups in total. The summed E-state index contributed by atoms with van der Waals surface area (Å²) in [6, 6.07) is 7.62. The summed E-state index contributed by atoms with van der Waals surface area (Å²) in [5.74, 6) is -1.15. The number of halogens is 3. The van der Waals surface area contributed by atoms with E-state index in [9.17, 15) is 9.59 Å². The Bertz CT molecular complexity index is 857. The van der Waals surface area contributed by atoms with E-state index in [1.165, 1.54) is 13.1 Å². The summed E-state index contributed by atoms with van der Waals surface area (Å²) in [6.07, 6.45) is 0.976. The maximum atomic E-state index is 12.6. The summed E-state index contributed by atoms with van der Waals surface area (Å²) in [6.45, 7) is 2.05. The zero-order chi connectivity index (χ0) is 18.1. The van der Waals surface area contributed by atoms with Crippen molar-refractivity contribution in [1.29, 1.82) is 0 Å². The number of carbonyl (C=O) groups is 2. The van der Waals surface area contributed by atoms with Crippen LogP contribution < -0.4 is 4.90 Å². The Kier molecular flexibility index (Phi) is 5.18. The fourth-order valence-corrected chi connectivity index (χ4v) is 3.20. The third kappa shape index (κ3) is 3.45. The number of pyridine rings is 1. The van der Waals surface area contributed by atoms with Gasteiger partial charge in [0.15, 0.2) is 11.8 Å². The van der Waals surface area contributed by atoms with Crippen LogP contribution in [0.5, 0.6) is 0 Å². The second kappa shape index (κ2) is 7.20. The molecular weight excluding hydrogens is 387 g/mol. The lowest BCUT2D eigenvalue weighted by Crippen LogP contribution is -2.39. The van der Waals surface area contributed by atoms with Crippen molar-refractivity contribution in [2.24, 2.45) is 0 Å². The molecule has 2 aromatic rings. The van der Waals surface area contributed by atoms with Gasteiger partial charge in [0.05, 0.1) is 15.1 Å². The van der Waals surface area contributed by atoms with Gasteiger partial charge >= 0.3 is 5.97 Å². The topological polar surface area (TPSA) is 59.5 Å². The molecule has 0 saturated heterocycles. The van der Waals surface area contributed by atoms with E-state index in [4.69, 9.17) is 39.5 Å². The quantitative estimate of drug-likeness (QED) is 0.727. The fraction of sp³-hybridized carbons (Fsp3) is 0.235. The Morgan fingerprint density at radius 3 is 2.68 bits per heavy atom. The molecule has 1 atom stereocenters. The molecule has 0 saturated carbocycles. The molecule has 1 aliphatic rings. The van der Waals surface area contributed by atoms with E-state index < -0.39 is 12.1 Å². The molecule has 130 valence electrons. The van der Waals surface area contributed by atoms with Crippen LogP contribution >= 0.6 is 34.8 Å². The first kappa shape index (κ1) is 18.0. The van der Waals surface area contributed by atoms with E-state index in [2.05, 4.69) is 4.98 Å². The molecule has 1 amide bonds. The van der Waals surface area contributed by atoms with Crippen LogP contribution in [0.15, 0.2) is 30.5 Å². The predicted molar refractivity (Wildman–Crippen MR) is 96.6 cm³/mol. The molecule has 0 unspecified atom stereocenters. The molecule has 0 bridgehead atoms. The maximum absolute atomic E-state index is 12.6. The van der Waals surface area contributed by atoms with Gasteiger partial charge in [0.25, 0.3) is 5.91 Å². The number of hydrogen-bond donors (Lipinski definition) is 0. The summed E-state index contributed by atoms with van der Waals surface area (Å²) in [4.78, 5) is 30.3. The van der Waals surface area contributed by atoms with Gasteiger partial charge in [-0.15, -0.1) is 0 Å². The lowest BCUT2D eigenvalue weighted by Gasteiger charge is -2.21. The summed E-state index contributed by atoms with van der Waals surface area (Å²) < 4.78 is 5.22. The van der Waals surface area contributed by atoms with E-state index in [0.717, 1.165) is 17.7 Å². The number of ether oxygens (including phenoxy) is 1. The van der Waals surface area contributed by atoms with Gasteiger partial charge in [0.1, 0.15) is 0 Å². The Balaban J connectivity index is 1.74. The van der Waals surface area contributed by atoms with Gasteiger partial charge in [-0.3, -0.25) is 4.79 Å². The number of aromatic nitrogens is 1. The molecule has 1 aromatic carbocycles. The number of esters is 1. The number of nitrogens with zero attached hydrogens (tertiary/aromatic N) is 2. The minimum atomic E-state index is -0.994. The minimum Gasteiger partial charge on any atom is -0.448 e. The highest BCUT2D eigenvalue weighted by Gasteiger charge is 2.31. The summed E-state index contributed by atoms with van der Waals surface area (Å²) in [7, 11) is 0. The monoisotopic (exact) mass is 398 g/mol. The van der Waals surface area contributed by atoms with Gasteiger partial charge in [-0.2, -0.15) is 0 Å². The molecule has 2 heterocycles. The number of amides is 1. The van der Waals surface area contributed by atoms with E-state index in [1.54, 1.807) is 4.90 Å². The molecule has 8 heteroatoms. The van der Waals surface area contributed by atoms with Crippen LogP contribution in [0.1, 0.15) is 23.0 Å². The zero-order valence-electron chi connectivity index (χ0n) is 13.1. The van der Waals surface area contributed by atoms with Crippen molar-refractivity contribution in [1.82, 2.24) is 4.98 Å². The summed E-state index contributed by atoms with van der Waals surface area (Å²) in [5, 5.41) is 0.0316.